The van der Waals surface area contributed by atoms with Gasteiger partial charge in [-0.05, 0) is 38.1 Å². The lowest BCUT2D eigenvalue weighted by Crippen LogP contribution is -2.14. The maximum atomic E-state index is 13.2. The van der Waals surface area contributed by atoms with Crippen LogP contribution in [0.1, 0.15) is 19.4 Å². The van der Waals surface area contributed by atoms with Gasteiger partial charge in [-0.1, -0.05) is 11.6 Å². The van der Waals surface area contributed by atoms with Crippen LogP contribution in [-0.2, 0) is 16.4 Å². The number of hydrogen-bond donors (Lipinski definition) is 1. The van der Waals surface area contributed by atoms with E-state index in [0.717, 1.165) is 30.2 Å². The minimum absolute atomic E-state index is 0.0166. The SMILES string of the molecule is CCOc1cc2c(cc1NS(=O)(=O)c1ccc(F)cc1Cl)O[C@@H](C)C2. The molecule has 25 heavy (non-hydrogen) atoms. The van der Waals surface area contributed by atoms with Crippen LogP contribution in [0.4, 0.5) is 10.1 Å². The van der Waals surface area contributed by atoms with Crippen molar-refractivity contribution in [2.75, 3.05) is 11.3 Å². The van der Waals surface area contributed by atoms with Crippen LogP contribution in [0.3, 0.4) is 0 Å². The summed E-state index contributed by atoms with van der Waals surface area (Å²) in [5.41, 5.74) is 1.20. The lowest BCUT2D eigenvalue weighted by molar-refractivity contribution is 0.254. The second-order valence-electron chi connectivity index (χ2n) is 5.70. The molecule has 8 heteroatoms. The van der Waals surface area contributed by atoms with Crippen LogP contribution in [0.15, 0.2) is 35.2 Å². The first kappa shape index (κ1) is 17.8. The molecule has 0 radical (unpaired) electrons. The number of halogens is 2. The molecule has 1 aliphatic heterocycles. The van der Waals surface area contributed by atoms with Gasteiger partial charge in [-0.15, -0.1) is 0 Å². The predicted octanol–water partition coefficient (Wildman–Crippen LogP) is 4.00. The number of nitrogens with one attached hydrogen (secondary N) is 1. The first-order valence-corrected chi connectivity index (χ1v) is 9.60. The molecule has 1 heterocycles. The minimum atomic E-state index is -4.02. The predicted molar refractivity (Wildman–Crippen MR) is 93.6 cm³/mol. The second kappa shape index (κ2) is 6.72. The minimum Gasteiger partial charge on any atom is -0.492 e. The zero-order valence-corrected chi connectivity index (χ0v) is 15.2. The van der Waals surface area contributed by atoms with E-state index in [2.05, 4.69) is 4.72 Å². The van der Waals surface area contributed by atoms with Crippen molar-refractivity contribution >= 4 is 27.3 Å². The Hall–Kier alpha value is -1.99. The molecule has 1 aliphatic rings. The Balaban J connectivity index is 2.00. The van der Waals surface area contributed by atoms with E-state index in [1.807, 2.05) is 13.8 Å². The molecule has 0 amide bonds. The average Bonchev–Trinajstić information content (AvgIpc) is 2.86. The van der Waals surface area contributed by atoms with Crippen LogP contribution in [0.2, 0.25) is 5.02 Å². The van der Waals surface area contributed by atoms with E-state index in [1.54, 1.807) is 12.1 Å². The van der Waals surface area contributed by atoms with Gasteiger partial charge in [0.2, 0.25) is 0 Å². The number of sulfonamides is 1. The van der Waals surface area contributed by atoms with Crippen molar-refractivity contribution in [3.05, 3.63) is 46.7 Å². The van der Waals surface area contributed by atoms with E-state index < -0.39 is 15.8 Å². The van der Waals surface area contributed by atoms with Crippen LogP contribution in [0, 0.1) is 5.82 Å². The van der Waals surface area contributed by atoms with E-state index in [0.29, 0.717) is 18.1 Å². The van der Waals surface area contributed by atoms with E-state index in [4.69, 9.17) is 21.1 Å². The van der Waals surface area contributed by atoms with Crippen molar-refractivity contribution in [1.82, 2.24) is 0 Å². The largest absolute Gasteiger partial charge is 0.492 e. The van der Waals surface area contributed by atoms with E-state index >= 15 is 0 Å². The van der Waals surface area contributed by atoms with E-state index in [9.17, 15) is 12.8 Å². The van der Waals surface area contributed by atoms with E-state index in [-0.39, 0.29) is 21.7 Å². The normalized spacial score (nSPS) is 16.2. The summed E-state index contributed by atoms with van der Waals surface area (Å²) in [6, 6.07) is 6.47. The summed E-state index contributed by atoms with van der Waals surface area (Å²) in [7, 11) is -4.02. The highest BCUT2D eigenvalue weighted by atomic mass is 35.5. The van der Waals surface area contributed by atoms with Gasteiger partial charge in [0.1, 0.15) is 28.3 Å². The first-order valence-electron chi connectivity index (χ1n) is 7.74. The van der Waals surface area contributed by atoms with Crippen LogP contribution in [0.5, 0.6) is 11.5 Å². The molecule has 5 nitrogen and oxygen atoms in total. The van der Waals surface area contributed by atoms with Gasteiger partial charge in [0.15, 0.2) is 0 Å². The molecule has 0 aliphatic carbocycles. The van der Waals surface area contributed by atoms with Crippen LogP contribution < -0.4 is 14.2 Å². The molecule has 0 saturated heterocycles. The van der Waals surface area contributed by atoms with Crippen molar-refractivity contribution < 1.29 is 22.3 Å². The topological polar surface area (TPSA) is 64.6 Å². The summed E-state index contributed by atoms with van der Waals surface area (Å²) in [5.74, 6) is 0.401. The van der Waals surface area contributed by atoms with Crippen LogP contribution >= 0.6 is 11.6 Å². The molecule has 134 valence electrons. The second-order valence-corrected chi connectivity index (χ2v) is 7.76. The summed E-state index contributed by atoms with van der Waals surface area (Å²) >= 11 is 5.88. The maximum Gasteiger partial charge on any atom is 0.263 e. The molecule has 2 aromatic carbocycles. The zero-order chi connectivity index (χ0) is 18.2. The third kappa shape index (κ3) is 3.67. The molecule has 0 unspecified atom stereocenters. The molecular weight excluding hydrogens is 369 g/mol. The zero-order valence-electron chi connectivity index (χ0n) is 13.7. The lowest BCUT2D eigenvalue weighted by atomic mass is 10.1. The quantitative estimate of drug-likeness (QED) is 0.844. The molecule has 0 fully saturated rings. The Morgan fingerprint density at radius 3 is 2.80 bits per heavy atom. The number of anilines is 1. The Kier molecular flexibility index (Phi) is 4.79. The molecule has 2 aromatic rings. The highest BCUT2D eigenvalue weighted by Gasteiger charge is 2.25. The summed E-state index contributed by atoms with van der Waals surface area (Å²) in [5, 5.41) is -0.198. The van der Waals surface area contributed by atoms with E-state index in [1.165, 1.54) is 0 Å². The molecule has 0 aromatic heterocycles. The number of fused-ring (bicyclic) bond motifs is 1. The number of hydrogen-bond acceptors (Lipinski definition) is 4. The number of benzene rings is 2. The maximum absolute atomic E-state index is 13.2. The Bertz CT molecular complexity index is 917. The van der Waals surface area contributed by atoms with Gasteiger partial charge in [0.05, 0.1) is 17.3 Å². The third-order valence-electron chi connectivity index (χ3n) is 3.73. The van der Waals surface area contributed by atoms with Gasteiger partial charge in [-0.3, -0.25) is 4.72 Å². The summed E-state index contributed by atoms with van der Waals surface area (Å²) in [6.45, 7) is 4.12. The fourth-order valence-electron chi connectivity index (χ4n) is 2.69. The molecule has 0 saturated carbocycles. The third-order valence-corrected chi connectivity index (χ3v) is 5.57. The van der Waals surface area contributed by atoms with Gasteiger partial charge in [-0.2, -0.15) is 0 Å². The van der Waals surface area contributed by atoms with Crippen LogP contribution in [0.25, 0.3) is 0 Å². The molecule has 3 rings (SSSR count). The standard InChI is InChI=1S/C17H17ClFNO4S/c1-3-23-16-7-11-6-10(2)24-15(11)9-14(16)20-25(21,22)17-5-4-12(19)8-13(17)18/h4-5,7-10,20H,3,6H2,1-2H3/t10-/m0/s1. The summed E-state index contributed by atoms with van der Waals surface area (Å²) < 4.78 is 52.1. The molecule has 1 atom stereocenters. The fraction of sp³-hybridized carbons (Fsp3) is 0.294. The van der Waals surface area contributed by atoms with Crippen molar-refractivity contribution in [2.24, 2.45) is 0 Å². The van der Waals surface area contributed by atoms with Gasteiger partial charge in [0.25, 0.3) is 10.0 Å². The fourth-order valence-corrected chi connectivity index (χ4v) is 4.28. The molecule has 1 N–H and O–H groups in total. The van der Waals surface area contributed by atoms with Crippen molar-refractivity contribution in [1.29, 1.82) is 0 Å². The van der Waals surface area contributed by atoms with Gasteiger partial charge in [-0.25, -0.2) is 12.8 Å². The number of rotatable bonds is 5. The molecular formula is C17H17ClFNO4S. The van der Waals surface area contributed by atoms with Crippen molar-refractivity contribution in [3.8, 4) is 11.5 Å². The first-order chi connectivity index (χ1) is 11.8. The number of ether oxygens (including phenoxy) is 2. The van der Waals surface area contributed by atoms with Gasteiger partial charge >= 0.3 is 0 Å². The Morgan fingerprint density at radius 2 is 2.12 bits per heavy atom. The van der Waals surface area contributed by atoms with Gasteiger partial charge < -0.3 is 9.47 Å². The highest BCUT2D eigenvalue weighted by Crippen LogP contribution is 2.39. The Morgan fingerprint density at radius 1 is 1.36 bits per heavy atom. The van der Waals surface area contributed by atoms with Crippen LogP contribution in [-0.4, -0.2) is 21.1 Å². The lowest BCUT2D eigenvalue weighted by Gasteiger charge is -2.15. The Labute approximate surface area is 150 Å². The molecule has 0 spiro atoms. The molecule has 0 bridgehead atoms. The monoisotopic (exact) mass is 385 g/mol. The van der Waals surface area contributed by atoms with Crippen molar-refractivity contribution in [3.63, 3.8) is 0 Å². The average molecular weight is 386 g/mol. The summed E-state index contributed by atoms with van der Waals surface area (Å²) in [6.07, 6.45) is 0.745. The smallest absolute Gasteiger partial charge is 0.263 e. The highest BCUT2D eigenvalue weighted by molar-refractivity contribution is 7.92. The van der Waals surface area contributed by atoms with Crippen molar-refractivity contribution in [2.45, 2.75) is 31.3 Å². The van der Waals surface area contributed by atoms with Gasteiger partial charge in [0, 0.05) is 18.1 Å². The summed E-state index contributed by atoms with van der Waals surface area (Å²) in [4.78, 5) is -0.215.